The molecular formula is C20H12ClFN6O. The lowest BCUT2D eigenvalue weighted by Gasteiger charge is -2.42. The summed E-state index contributed by atoms with van der Waals surface area (Å²) in [5.41, 5.74) is 3.29. The van der Waals surface area contributed by atoms with Gasteiger partial charge in [-0.2, -0.15) is 5.21 Å². The molecule has 0 radical (unpaired) electrons. The fourth-order valence-corrected chi connectivity index (χ4v) is 3.68. The number of aromatic nitrogens is 4. The van der Waals surface area contributed by atoms with E-state index >= 15 is 0 Å². The fraction of sp³-hybridized carbons (Fsp3) is 0. The first-order valence-corrected chi connectivity index (χ1v) is 9.04. The molecule has 29 heavy (non-hydrogen) atoms. The zero-order chi connectivity index (χ0) is 20.0. The maximum absolute atomic E-state index is 14.0. The van der Waals surface area contributed by atoms with E-state index in [1.165, 1.54) is 17.0 Å². The molecule has 0 spiro atoms. The lowest BCUT2D eigenvalue weighted by atomic mass is 9.84. The van der Waals surface area contributed by atoms with E-state index in [0.717, 1.165) is 11.1 Å². The van der Waals surface area contributed by atoms with Gasteiger partial charge in [-0.15, -0.1) is 10.2 Å². The number of anilines is 1. The highest BCUT2D eigenvalue weighted by atomic mass is 35.5. The van der Waals surface area contributed by atoms with Crippen LogP contribution in [0.25, 0.3) is 11.1 Å². The minimum absolute atomic E-state index is 0.0751. The molecule has 2 aliphatic heterocycles. The van der Waals surface area contributed by atoms with Crippen LogP contribution in [0.4, 0.5) is 14.9 Å². The molecule has 0 unspecified atom stereocenters. The highest BCUT2D eigenvalue weighted by Gasteiger charge is 2.46. The van der Waals surface area contributed by atoms with Gasteiger partial charge in [0.05, 0.1) is 27.7 Å². The minimum Gasteiger partial charge on any atom is -0.304 e. The van der Waals surface area contributed by atoms with Crippen LogP contribution in [0.3, 0.4) is 0 Å². The molecule has 142 valence electrons. The van der Waals surface area contributed by atoms with E-state index in [9.17, 15) is 9.18 Å². The summed E-state index contributed by atoms with van der Waals surface area (Å²) in [6, 6.07) is 14.9. The Kier molecular flexibility index (Phi) is 3.99. The van der Waals surface area contributed by atoms with Crippen molar-refractivity contribution >= 4 is 34.5 Å². The molecule has 0 saturated carbocycles. The Bertz CT molecular complexity index is 1220. The zero-order valence-corrected chi connectivity index (χ0v) is 15.5. The summed E-state index contributed by atoms with van der Waals surface area (Å²) in [6.07, 6.45) is 1.79. The van der Waals surface area contributed by atoms with Crippen molar-refractivity contribution in [1.82, 2.24) is 25.5 Å². The van der Waals surface area contributed by atoms with Crippen LogP contribution in [0, 0.1) is 5.82 Å². The Hall–Kier alpha value is -3.78. The zero-order valence-electron chi connectivity index (χ0n) is 14.7. The number of benzene rings is 2. The monoisotopic (exact) mass is 406 g/mol. The van der Waals surface area contributed by atoms with Crippen LogP contribution < -0.4 is 5.32 Å². The van der Waals surface area contributed by atoms with Gasteiger partial charge in [0.15, 0.2) is 0 Å². The summed E-state index contributed by atoms with van der Waals surface area (Å²) in [5.74, 6) is -0.206. The average molecular weight is 407 g/mol. The van der Waals surface area contributed by atoms with Crippen LogP contribution in [0.1, 0.15) is 11.4 Å². The number of tetrazole rings is 1. The van der Waals surface area contributed by atoms with Gasteiger partial charge in [-0.25, -0.2) is 9.18 Å². The van der Waals surface area contributed by atoms with Crippen molar-refractivity contribution in [3.63, 3.8) is 0 Å². The van der Waals surface area contributed by atoms with Crippen molar-refractivity contribution in [2.24, 2.45) is 0 Å². The predicted molar refractivity (Wildman–Crippen MR) is 106 cm³/mol. The van der Waals surface area contributed by atoms with E-state index in [0.29, 0.717) is 27.8 Å². The predicted octanol–water partition coefficient (Wildman–Crippen LogP) is 4.15. The molecule has 3 heterocycles. The number of para-hydroxylation sites is 1. The number of H-pyrrole nitrogens is 1. The number of nitrogens with zero attached hydrogens (tertiary/aromatic N) is 4. The standard InChI is InChI=1S/C20H12ClFN6O/c21-13-10-12(11-6-2-1-3-7-11)17-16(19-24-26-27-25-19)18(13)28(17)20(29)23-15-9-5-4-8-14(15)22/h1-10H,(H,23,29)(H,24,25,26,27). The van der Waals surface area contributed by atoms with Crippen LogP contribution in [0.2, 0.25) is 0 Å². The first-order chi connectivity index (χ1) is 14.1. The number of hydrogen-bond donors (Lipinski definition) is 2. The molecule has 1 aromatic heterocycles. The number of allylic oxidation sites excluding steroid dienone is 4. The van der Waals surface area contributed by atoms with E-state index in [4.69, 9.17) is 11.6 Å². The number of hydrogen-bond acceptors (Lipinski definition) is 4. The topological polar surface area (TPSA) is 86.8 Å². The average Bonchev–Trinajstić information content (AvgIpc) is 3.23. The first kappa shape index (κ1) is 17.3. The number of carbonyl (C=O) groups is 1. The lowest BCUT2D eigenvalue weighted by molar-refractivity contribution is 0.233. The van der Waals surface area contributed by atoms with Crippen molar-refractivity contribution in [1.29, 1.82) is 0 Å². The number of halogens is 2. The quantitative estimate of drug-likeness (QED) is 0.684. The van der Waals surface area contributed by atoms with Crippen LogP contribution >= 0.6 is 11.6 Å². The van der Waals surface area contributed by atoms with E-state index in [2.05, 4.69) is 25.9 Å². The Labute approximate surface area is 169 Å². The van der Waals surface area contributed by atoms with Crippen molar-refractivity contribution < 1.29 is 9.18 Å². The van der Waals surface area contributed by atoms with Gasteiger partial charge < -0.3 is 5.32 Å². The summed E-state index contributed by atoms with van der Waals surface area (Å²) >= 11 is 6.52. The largest absolute Gasteiger partial charge is 0.331 e. The maximum atomic E-state index is 14.0. The van der Waals surface area contributed by atoms with E-state index < -0.39 is 11.8 Å². The number of fused-ring (bicyclic) bond motifs is 2. The molecule has 2 bridgehead atoms. The van der Waals surface area contributed by atoms with Gasteiger partial charge in [0.1, 0.15) is 5.82 Å². The Morgan fingerprint density at radius 1 is 1.07 bits per heavy atom. The number of aromatic amines is 1. The molecule has 0 fully saturated rings. The molecule has 0 saturated heterocycles. The summed E-state index contributed by atoms with van der Waals surface area (Å²) in [7, 11) is 0. The van der Waals surface area contributed by atoms with Gasteiger partial charge in [-0.3, -0.25) is 4.90 Å². The van der Waals surface area contributed by atoms with Gasteiger partial charge in [0.25, 0.3) is 0 Å². The first-order valence-electron chi connectivity index (χ1n) is 8.66. The third-order valence-corrected chi connectivity index (χ3v) is 4.93. The molecule has 0 atom stereocenters. The molecule has 2 aliphatic rings. The SMILES string of the molecule is O=C(Nc1ccccc1F)N1c2c(Cl)cc(-c3ccccc3)c1c2-c1nn[nH]n1. The molecule has 3 aromatic rings. The number of nitrogens with one attached hydrogen (secondary N) is 2. The number of rotatable bonds is 3. The minimum atomic E-state index is -0.535. The Balaban J connectivity index is 1.60. The summed E-state index contributed by atoms with van der Waals surface area (Å²) in [4.78, 5) is 14.4. The summed E-state index contributed by atoms with van der Waals surface area (Å²) in [5, 5.41) is 17.0. The normalized spacial score (nSPS) is 15.2. The van der Waals surface area contributed by atoms with Crippen LogP contribution in [-0.4, -0.2) is 31.6 Å². The highest BCUT2D eigenvalue weighted by molar-refractivity contribution is 6.35. The van der Waals surface area contributed by atoms with Crippen molar-refractivity contribution in [3.8, 4) is 0 Å². The molecule has 9 heteroatoms. The summed E-state index contributed by atoms with van der Waals surface area (Å²) < 4.78 is 14.0. The van der Waals surface area contributed by atoms with Crippen LogP contribution in [0.5, 0.6) is 0 Å². The number of carbonyl (C=O) groups excluding carboxylic acids is 1. The number of amides is 2. The van der Waals surface area contributed by atoms with Gasteiger partial charge in [-0.1, -0.05) is 54.1 Å². The maximum Gasteiger partial charge on any atom is 0.331 e. The Morgan fingerprint density at radius 3 is 2.55 bits per heavy atom. The molecule has 2 N–H and O–H groups in total. The number of urea groups is 1. The second-order valence-corrected chi connectivity index (χ2v) is 6.73. The van der Waals surface area contributed by atoms with Gasteiger partial charge in [-0.05, 0) is 29.0 Å². The fourth-order valence-electron chi connectivity index (χ4n) is 3.39. The molecule has 0 aliphatic carbocycles. The molecule has 2 aromatic carbocycles. The molecular weight excluding hydrogens is 395 g/mol. The second-order valence-electron chi connectivity index (χ2n) is 6.33. The van der Waals surface area contributed by atoms with Crippen molar-refractivity contribution in [2.45, 2.75) is 0 Å². The Morgan fingerprint density at radius 2 is 1.83 bits per heavy atom. The molecule has 5 rings (SSSR count). The van der Waals surface area contributed by atoms with E-state index in [1.54, 1.807) is 18.2 Å². The molecule has 7 nitrogen and oxygen atoms in total. The van der Waals surface area contributed by atoms with Gasteiger partial charge in [0, 0.05) is 5.57 Å². The third-order valence-electron chi connectivity index (χ3n) is 4.65. The van der Waals surface area contributed by atoms with Gasteiger partial charge in [0.2, 0.25) is 5.82 Å². The van der Waals surface area contributed by atoms with E-state index in [1.807, 2.05) is 30.3 Å². The smallest absolute Gasteiger partial charge is 0.304 e. The van der Waals surface area contributed by atoms with Crippen LogP contribution in [-0.2, 0) is 0 Å². The lowest BCUT2D eigenvalue weighted by Crippen LogP contribution is -2.44. The third kappa shape index (κ3) is 2.73. The summed E-state index contributed by atoms with van der Waals surface area (Å²) in [6.45, 7) is 0. The van der Waals surface area contributed by atoms with Crippen molar-refractivity contribution in [2.75, 3.05) is 5.32 Å². The van der Waals surface area contributed by atoms with Crippen molar-refractivity contribution in [3.05, 3.63) is 94.3 Å². The van der Waals surface area contributed by atoms with E-state index in [-0.39, 0.29) is 5.69 Å². The van der Waals surface area contributed by atoms with Crippen LogP contribution in [0.15, 0.2) is 77.1 Å². The van der Waals surface area contributed by atoms with Gasteiger partial charge >= 0.3 is 6.03 Å². The second kappa shape index (κ2) is 6.68. The molecule has 2 amide bonds. The highest BCUT2D eigenvalue weighted by Crippen LogP contribution is 2.53.